The summed E-state index contributed by atoms with van der Waals surface area (Å²) < 4.78 is 6.29. The molecule has 0 aromatic heterocycles. The van der Waals surface area contributed by atoms with Crippen LogP contribution >= 0.6 is 16.1 Å². The molecule has 0 aliphatic heterocycles. The average Bonchev–Trinajstić information content (AvgIpc) is 2.35. The number of benzene rings is 1. The van der Waals surface area contributed by atoms with E-state index in [4.69, 9.17) is 4.52 Å². The normalized spacial score (nSPS) is 13.6. The van der Waals surface area contributed by atoms with E-state index in [9.17, 15) is 0 Å². The van der Waals surface area contributed by atoms with Gasteiger partial charge in [-0.15, -0.1) is 7.92 Å². The lowest BCUT2D eigenvalue weighted by Crippen LogP contribution is -2.08. The first kappa shape index (κ1) is 17.9. The summed E-state index contributed by atoms with van der Waals surface area (Å²) in [7, 11) is -0.319. The van der Waals surface area contributed by atoms with Crippen LogP contribution in [0.4, 0.5) is 0 Å². The Bertz CT molecular complexity index is 394. The first-order valence-electron chi connectivity index (χ1n) is 7.56. The molecule has 0 fully saturated rings. The predicted octanol–water partition coefficient (Wildman–Crippen LogP) is 6.30. The van der Waals surface area contributed by atoms with Crippen LogP contribution in [0, 0.1) is 0 Å². The maximum Gasteiger partial charge on any atom is 0.123 e. The SMILES string of the molecule is CC(C)P(C)Cc1cccc(OP(C(C)C)C(C)C)c1. The topological polar surface area (TPSA) is 9.23 Å². The lowest BCUT2D eigenvalue weighted by atomic mass is 10.2. The summed E-state index contributed by atoms with van der Waals surface area (Å²) in [5.74, 6) is 1.06. The van der Waals surface area contributed by atoms with Gasteiger partial charge in [0.05, 0.1) is 8.15 Å². The van der Waals surface area contributed by atoms with Crippen molar-refractivity contribution < 1.29 is 4.52 Å². The minimum atomic E-state index is -0.395. The van der Waals surface area contributed by atoms with Crippen molar-refractivity contribution in [1.29, 1.82) is 0 Å². The van der Waals surface area contributed by atoms with Gasteiger partial charge in [0.2, 0.25) is 0 Å². The fourth-order valence-electron chi connectivity index (χ4n) is 2.10. The van der Waals surface area contributed by atoms with Gasteiger partial charge in [-0.1, -0.05) is 53.7 Å². The van der Waals surface area contributed by atoms with E-state index in [1.807, 2.05) is 0 Å². The standard InChI is InChI=1S/C17H30OP2/c1-13(2)19(7)12-16-9-8-10-17(11-16)18-20(14(3)4)15(5)6/h8-11,13-15H,12H2,1-7H3. The predicted molar refractivity (Wildman–Crippen MR) is 95.9 cm³/mol. The van der Waals surface area contributed by atoms with Crippen molar-refractivity contribution in [3.05, 3.63) is 29.8 Å². The summed E-state index contributed by atoms with van der Waals surface area (Å²) >= 11 is 0. The molecule has 114 valence electrons. The van der Waals surface area contributed by atoms with Crippen molar-refractivity contribution in [1.82, 2.24) is 0 Å². The van der Waals surface area contributed by atoms with Crippen molar-refractivity contribution in [2.75, 3.05) is 6.66 Å². The maximum atomic E-state index is 6.29. The average molecular weight is 312 g/mol. The molecule has 1 unspecified atom stereocenters. The summed E-state index contributed by atoms with van der Waals surface area (Å²) in [4.78, 5) is 0. The molecule has 0 saturated carbocycles. The molecule has 0 amide bonds. The molecular weight excluding hydrogens is 282 g/mol. The molecule has 1 aromatic rings. The molecule has 1 atom stereocenters. The Labute approximate surface area is 128 Å². The molecule has 1 nitrogen and oxygen atoms in total. The largest absolute Gasteiger partial charge is 0.474 e. The molecule has 0 bridgehead atoms. The first-order valence-corrected chi connectivity index (χ1v) is 11.0. The van der Waals surface area contributed by atoms with Crippen molar-refractivity contribution >= 4 is 16.1 Å². The molecule has 1 rings (SSSR count). The maximum absolute atomic E-state index is 6.29. The van der Waals surface area contributed by atoms with Gasteiger partial charge in [0.15, 0.2) is 0 Å². The van der Waals surface area contributed by atoms with Crippen molar-refractivity contribution in [2.24, 2.45) is 0 Å². The van der Waals surface area contributed by atoms with E-state index in [2.05, 4.69) is 72.5 Å². The highest BCUT2D eigenvalue weighted by Crippen LogP contribution is 2.47. The Morgan fingerprint density at radius 3 is 2.05 bits per heavy atom. The van der Waals surface area contributed by atoms with Crippen LogP contribution < -0.4 is 4.52 Å². The van der Waals surface area contributed by atoms with Crippen LogP contribution in [0.5, 0.6) is 5.75 Å². The third-order valence-corrected chi connectivity index (χ3v) is 8.53. The Balaban J connectivity index is 2.77. The lowest BCUT2D eigenvalue weighted by molar-refractivity contribution is 0.592. The number of hydrogen-bond donors (Lipinski definition) is 0. The number of rotatable bonds is 7. The fourth-order valence-corrected chi connectivity index (χ4v) is 5.21. The van der Waals surface area contributed by atoms with Crippen LogP contribution in [0.3, 0.4) is 0 Å². The highest BCUT2D eigenvalue weighted by molar-refractivity contribution is 7.56. The van der Waals surface area contributed by atoms with E-state index in [0.717, 1.165) is 11.4 Å². The smallest absolute Gasteiger partial charge is 0.123 e. The zero-order chi connectivity index (χ0) is 15.3. The Morgan fingerprint density at radius 2 is 1.55 bits per heavy atom. The molecule has 0 heterocycles. The summed E-state index contributed by atoms with van der Waals surface area (Å²) in [6.07, 6.45) is 1.20. The minimum absolute atomic E-state index is 0.0763. The molecule has 0 aliphatic rings. The fraction of sp³-hybridized carbons (Fsp3) is 0.647. The van der Waals surface area contributed by atoms with Crippen LogP contribution in [-0.4, -0.2) is 23.6 Å². The highest BCUT2D eigenvalue weighted by Gasteiger charge is 2.20. The van der Waals surface area contributed by atoms with E-state index in [1.54, 1.807) is 0 Å². The molecule has 1 aromatic carbocycles. The molecule has 20 heavy (non-hydrogen) atoms. The van der Waals surface area contributed by atoms with E-state index < -0.39 is 8.15 Å². The van der Waals surface area contributed by atoms with Crippen LogP contribution in [0.1, 0.15) is 47.1 Å². The van der Waals surface area contributed by atoms with Gasteiger partial charge < -0.3 is 4.52 Å². The molecule has 3 heteroatoms. The van der Waals surface area contributed by atoms with Gasteiger partial charge in [-0.3, -0.25) is 0 Å². The van der Waals surface area contributed by atoms with E-state index in [0.29, 0.717) is 11.3 Å². The van der Waals surface area contributed by atoms with Gasteiger partial charge in [-0.05, 0) is 36.2 Å². The third kappa shape index (κ3) is 5.71. The molecular formula is C17H30OP2. The number of hydrogen-bond acceptors (Lipinski definition) is 1. The molecule has 0 N–H and O–H groups in total. The molecule has 0 radical (unpaired) electrons. The van der Waals surface area contributed by atoms with Gasteiger partial charge in [-0.25, -0.2) is 0 Å². The van der Waals surface area contributed by atoms with Crippen molar-refractivity contribution in [3.8, 4) is 5.75 Å². The van der Waals surface area contributed by atoms with Gasteiger partial charge in [0, 0.05) is 11.3 Å². The monoisotopic (exact) mass is 312 g/mol. The van der Waals surface area contributed by atoms with Crippen LogP contribution in [0.2, 0.25) is 0 Å². The van der Waals surface area contributed by atoms with Gasteiger partial charge in [0.25, 0.3) is 0 Å². The second-order valence-corrected chi connectivity index (χ2v) is 12.1. The first-order chi connectivity index (χ1) is 9.31. The Morgan fingerprint density at radius 1 is 0.950 bits per heavy atom. The Hall–Kier alpha value is -0.120. The summed E-state index contributed by atoms with van der Waals surface area (Å²) in [6, 6.07) is 8.74. The second-order valence-electron chi connectivity index (χ2n) is 6.29. The molecule has 0 saturated heterocycles. The zero-order valence-electron chi connectivity index (χ0n) is 14.1. The summed E-state index contributed by atoms with van der Waals surface area (Å²) in [5.41, 5.74) is 3.42. The van der Waals surface area contributed by atoms with Crippen LogP contribution in [0.15, 0.2) is 24.3 Å². The van der Waals surface area contributed by atoms with Crippen LogP contribution in [-0.2, 0) is 6.16 Å². The lowest BCUT2D eigenvalue weighted by Gasteiger charge is -2.26. The van der Waals surface area contributed by atoms with E-state index in [-0.39, 0.29) is 7.92 Å². The summed E-state index contributed by atoms with van der Waals surface area (Å²) in [6.45, 7) is 16.1. The van der Waals surface area contributed by atoms with Gasteiger partial charge >= 0.3 is 0 Å². The quantitative estimate of drug-likeness (QED) is 0.537. The summed E-state index contributed by atoms with van der Waals surface area (Å²) in [5, 5.41) is 0. The second kappa shape index (κ2) is 8.35. The van der Waals surface area contributed by atoms with Crippen molar-refractivity contribution in [3.63, 3.8) is 0 Å². The van der Waals surface area contributed by atoms with E-state index >= 15 is 0 Å². The van der Waals surface area contributed by atoms with Gasteiger partial charge in [-0.2, -0.15) is 0 Å². The molecule has 0 aliphatic carbocycles. The van der Waals surface area contributed by atoms with E-state index in [1.165, 1.54) is 11.7 Å². The zero-order valence-corrected chi connectivity index (χ0v) is 15.8. The highest BCUT2D eigenvalue weighted by atomic mass is 31.1. The molecule has 0 spiro atoms. The Kier molecular flexibility index (Phi) is 7.49. The van der Waals surface area contributed by atoms with Crippen LogP contribution in [0.25, 0.3) is 0 Å². The third-order valence-electron chi connectivity index (χ3n) is 3.44. The minimum Gasteiger partial charge on any atom is -0.474 e. The van der Waals surface area contributed by atoms with Crippen molar-refractivity contribution in [2.45, 2.75) is 64.7 Å². The van der Waals surface area contributed by atoms with Gasteiger partial charge in [0.1, 0.15) is 5.75 Å².